The molecule has 2 aromatic heterocycles. The van der Waals surface area contributed by atoms with Crippen LogP contribution in [0.15, 0.2) is 30.6 Å². The highest BCUT2D eigenvalue weighted by Crippen LogP contribution is 2.26. The zero-order valence-corrected chi connectivity index (χ0v) is 12.3. The maximum atomic E-state index is 4.70. The third-order valence-electron chi connectivity index (χ3n) is 4.12. The molecular weight excluding hydrogens is 248 g/mol. The summed E-state index contributed by atoms with van der Waals surface area (Å²) in [5.41, 5.74) is 2.36. The second-order valence-electron chi connectivity index (χ2n) is 5.73. The minimum atomic E-state index is 0.559. The molecule has 1 unspecified atom stereocenters. The van der Waals surface area contributed by atoms with E-state index in [1.54, 1.807) is 0 Å². The van der Waals surface area contributed by atoms with E-state index in [9.17, 15) is 0 Å². The SMILES string of the molecule is Cc1cccc(C2CCCN(Cc3nccn3C)C2)n1. The Bertz CT molecular complexity index is 575. The molecule has 0 aromatic carbocycles. The Balaban J connectivity index is 1.69. The van der Waals surface area contributed by atoms with Crippen LogP contribution in [-0.2, 0) is 13.6 Å². The highest BCUT2D eigenvalue weighted by atomic mass is 15.2. The smallest absolute Gasteiger partial charge is 0.122 e. The maximum Gasteiger partial charge on any atom is 0.122 e. The molecule has 0 amide bonds. The minimum absolute atomic E-state index is 0.559. The van der Waals surface area contributed by atoms with Gasteiger partial charge in [-0.05, 0) is 38.4 Å². The van der Waals surface area contributed by atoms with Gasteiger partial charge in [-0.15, -0.1) is 0 Å². The Kier molecular flexibility index (Phi) is 3.83. The molecule has 0 saturated carbocycles. The summed E-state index contributed by atoms with van der Waals surface area (Å²) in [6.45, 7) is 5.25. The Morgan fingerprint density at radius 1 is 1.35 bits per heavy atom. The van der Waals surface area contributed by atoms with Gasteiger partial charge >= 0.3 is 0 Å². The molecule has 1 aliphatic rings. The number of likely N-dealkylation sites (tertiary alicyclic amines) is 1. The zero-order chi connectivity index (χ0) is 13.9. The quantitative estimate of drug-likeness (QED) is 0.859. The average molecular weight is 270 g/mol. The molecule has 106 valence electrons. The lowest BCUT2D eigenvalue weighted by atomic mass is 9.94. The van der Waals surface area contributed by atoms with Crippen molar-refractivity contribution in [2.45, 2.75) is 32.2 Å². The van der Waals surface area contributed by atoms with Crippen molar-refractivity contribution < 1.29 is 0 Å². The van der Waals surface area contributed by atoms with E-state index in [2.05, 4.69) is 46.6 Å². The molecule has 4 heteroatoms. The molecule has 20 heavy (non-hydrogen) atoms. The maximum absolute atomic E-state index is 4.70. The number of pyridine rings is 1. The highest BCUT2D eigenvalue weighted by molar-refractivity contribution is 5.15. The molecule has 0 radical (unpaired) electrons. The van der Waals surface area contributed by atoms with Crippen LogP contribution in [0.5, 0.6) is 0 Å². The molecule has 4 nitrogen and oxygen atoms in total. The number of rotatable bonds is 3. The fourth-order valence-corrected chi connectivity index (χ4v) is 2.98. The van der Waals surface area contributed by atoms with Crippen molar-refractivity contribution in [3.05, 3.63) is 47.8 Å². The van der Waals surface area contributed by atoms with Crippen LogP contribution in [0, 0.1) is 6.92 Å². The summed E-state index contributed by atoms with van der Waals surface area (Å²) in [4.78, 5) is 11.6. The molecule has 0 N–H and O–H groups in total. The number of imidazole rings is 1. The number of piperidine rings is 1. The summed E-state index contributed by atoms with van der Waals surface area (Å²) in [5, 5.41) is 0. The number of aromatic nitrogens is 3. The van der Waals surface area contributed by atoms with Crippen molar-refractivity contribution in [2.75, 3.05) is 13.1 Å². The summed E-state index contributed by atoms with van der Waals surface area (Å²) >= 11 is 0. The predicted octanol–water partition coefficient (Wildman–Crippen LogP) is 2.50. The summed E-state index contributed by atoms with van der Waals surface area (Å²) in [5.74, 6) is 1.70. The highest BCUT2D eigenvalue weighted by Gasteiger charge is 2.23. The van der Waals surface area contributed by atoms with Gasteiger partial charge in [-0.1, -0.05) is 6.07 Å². The molecular formula is C16H22N4. The largest absolute Gasteiger partial charge is 0.337 e. The molecule has 0 spiro atoms. The molecule has 1 fully saturated rings. The lowest BCUT2D eigenvalue weighted by molar-refractivity contribution is 0.192. The first kappa shape index (κ1) is 13.3. The van der Waals surface area contributed by atoms with Crippen molar-refractivity contribution in [3.63, 3.8) is 0 Å². The van der Waals surface area contributed by atoms with Gasteiger partial charge in [0.15, 0.2) is 0 Å². The topological polar surface area (TPSA) is 34.0 Å². The molecule has 0 bridgehead atoms. The third kappa shape index (κ3) is 2.90. The van der Waals surface area contributed by atoms with Gasteiger partial charge in [-0.2, -0.15) is 0 Å². The lowest BCUT2D eigenvalue weighted by Crippen LogP contribution is -2.35. The Morgan fingerprint density at radius 2 is 2.25 bits per heavy atom. The average Bonchev–Trinajstić information content (AvgIpc) is 2.85. The van der Waals surface area contributed by atoms with Gasteiger partial charge < -0.3 is 4.57 Å². The van der Waals surface area contributed by atoms with Gasteiger partial charge in [-0.3, -0.25) is 9.88 Å². The minimum Gasteiger partial charge on any atom is -0.337 e. The van der Waals surface area contributed by atoms with E-state index in [4.69, 9.17) is 4.98 Å². The van der Waals surface area contributed by atoms with Crippen molar-refractivity contribution in [2.24, 2.45) is 7.05 Å². The summed E-state index contributed by atoms with van der Waals surface area (Å²) < 4.78 is 2.11. The van der Waals surface area contributed by atoms with Gasteiger partial charge in [-0.25, -0.2) is 4.98 Å². The van der Waals surface area contributed by atoms with E-state index in [1.165, 1.54) is 18.5 Å². The third-order valence-corrected chi connectivity index (χ3v) is 4.12. The first-order valence-corrected chi connectivity index (χ1v) is 7.34. The molecule has 3 rings (SSSR count). The number of nitrogens with zero attached hydrogens (tertiary/aromatic N) is 4. The number of hydrogen-bond donors (Lipinski definition) is 0. The molecule has 0 aliphatic carbocycles. The molecule has 1 aliphatic heterocycles. The van der Waals surface area contributed by atoms with Crippen LogP contribution in [0.2, 0.25) is 0 Å². The van der Waals surface area contributed by atoms with E-state index >= 15 is 0 Å². The Morgan fingerprint density at radius 3 is 3.00 bits per heavy atom. The summed E-state index contributed by atoms with van der Waals surface area (Å²) in [6, 6.07) is 6.36. The van der Waals surface area contributed by atoms with Crippen molar-refractivity contribution in [1.82, 2.24) is 19.4 Å². The van der Waals surface area contributed by atoms with Crippen LogP contribution in [-0.4, -0.2) is 32.5 Å². The second kappa shape index (κ2) is 5.75. The van der Waals surface area contributed by atoms with Gasteiger partial charge in [0.2, 0.25) is 0 Å². The van der Waals surface area contributed by atoms with Crippen LogP contribution in [0.1, 0.15) is 36.0 Å². The van der Waals surface area contributed by atoms with Gasteiger partial charge in [0, 0.05) is 43.3 Å². The second-order valence-corrected chi connectivity index (χ2v) is 5.73. The van der Waals surface area contributed by atoms with E-state index in [0.717, 1.165) is 31.2 Å². The predicted molar refractivity (Wildman–Crippen MR) is 79.4 cm³/mol. The van der Waals surface area contributed by atoms with Gasteiger partial charge in [0.25, 0.3) is 0 Å². The molecule has 3 heterocycles. The van der Waals surface area contributed by atoms with Crippen LogP contribution in [0.4, 0.5) is 0 Å². The van der Waals surface area contributed by atoms with E-state index < -0.39 is 0 Å². The number of hydrogen-bond acceptors (Lipinski definition) is 3. The standard InChI is InChI=1S/C16H22N4/c1-13-5-3-7-15(18-13)14-6-4-9-20(11-14)12-16-17-8-10-19(16)2/h3,5,7-8,10,14H,4,6,9,11-12H2,1-2H3. The Hall–Kier alpha value is -1.68. The van der Waals surface area contributed by atoms with Crippen LogP contribution in [0.25, 0.3) is 0 Å². The van der Waals surface area contributed by atoms with Crippen LogP contribution < -0.4 is 0 Å². The van der Waals surface area contributed by atoms with Crippen LogP contribution in [0.3, 0.4) is 0 Å². The first-order valence-electron chi connectivity index (χ1n) is 7.34. The van der Waals surface area contributed by atoms with E-state index in [-0.39, 0.29) is 0 Å². The van der Waals surface area contributed by atoms with Crippen molar-refractivity contribution in [1.29, 1.82) is 0 Å². The van der Waals surface area contributed by atoms with Crippen molar-refractivity contribution >= 4 is 0 Å². The van der Waals surface area contributed by atoms with Gasteiger partial charge in [0.1, 0.15) is 5.82 Å². The number of aryl methyl sites for hydroxylation is 2. The first-order chi connectivity index (χ1) is 9.72. The van der Waals surface area contributed by atoms with Crippen molar-refractivity contribution in [3.8, 4) is 0 Å². The summed E-state index contributed by atoms with van der Waals surface area (Å²) in [7, 11) is 2.06. The van der Waals surface area contributed by atoms with E-state index in [1.807, 2.05) is 12.4 Å². The van der Waals surface area contributed by atoms with Crippen LogP contribution >= 0.6 is 0 Å². The molecule has 2 aromatic rings. The lowest BCUT2D eigenvalue weighted by Gasteiger charge is -2.32. The van der Waals surface area contributed by atoms with Gasteiger partial charge in [0.05, 0.1) is 6.54 Å². The fraction of sp³-hybridized carbons (Fsp3) is 0.500. The van der Waals surface area contributed by atoms with E-state index in [0.29, 0.717) is 5.92 Å². The normalized spacial score (nSPS) is 20.2. The Labute approximate surface area is 120 Å². The molecule has 1 saturated heterocycles. The fourth-order valence-electron chi connectivity index (χ4n) is 2.98. The zero-order valence-electron chi connectivity index (χ0n) is 12.3. The summed E-state index contributed by atoms with van der Waals surface area (Å²) in [6.07, 6.45) is 6.37. The monoisotopic (exact) mass is 270 g/mol. The molecule has 1 atom stereocenters.